The molecule has 2 atom stereocenters. The highest BCUT2D eigenvalue weighted by molar-refractivity contribution is 5.35. The zero-order valence-electron chi connectivity index (χ0n) is 9.33. The van der Waals surface area contributed by atoms with E-state index in [1.165, 1.54) is 0 Å². The number of rotatable bonds is 4. The van der Waals surface area contributed by atoms with E-state index in [0.29, 0.717) is 5.56 Å². The molecular formula is C11H15N3O2. The van der Waals surface area contributed by atoms with Gasteiger partial charge < -0.3 is 10.2 Å². The lowest BCUT2D eigenvalue weighted by Gasteiger charge is -2.20. The van der Waals surface area contributed by atoms with Crippen LogP contribution in [0.1, 0.15) is 22.8 Å². The van der Waals surface area contributed by atoms with Gasteiger partial charge in [0.25, 0.3) is 0 Å². The summed E-state index contributed by atoms with van der Waals surface area (Å²) in [6.07, 6.45) is -2.10. The fourth-order valence-corrected chi connectivity index (χ4v) is 1.71. The normalized spacial score (nSPS) is 14.0. The van der Waals surface area contributed by atoms with Gasteiger partial charge in [-0.3, -0.25) is 0 Å². The molecular weight excluding hydrogens is 206 g/mol. The summed E-state index contributed by atoms with van der Waals surface area (Å²) in [4.78, 5) is 2.55. The summed E-state index contributed by atoms with van der Waals surface area (Å²) in [6.45, 7) is 3.60. The molecule has 0 aliphatic heterocycles. The molecule has 2 unspecified atom stereocenters. The zero-order chi connectivity index (χ0) is 12.1. The number of aliphatic hydroxyl groups is 2. The van der Waals surface area contributed by atoms with E-state index >= 15 is 0 Å². The molecule has 0 aliphatic rings. The Morgan fingerprint density at radius 2 is 1.88 bits per heavy atom. The van der Waals surface area contributed by atoms with Gasteiger partial charge in [-0.15, -0.1) is 0 Å². The molecule has 2 N–H and O–H groups in total. The van der Waals surface area contributed by atoms with Crippen LogP contribution in [0.3, 0.4) is 0 Å². The average Bonchev–Trinajstić information content (AvgIpc) is 2.25. The van der Waals surface area contributed by atoms with Gasteiger partial charge in [-0.25, -0.2) is 0 Å². The third-order valence-corrected chi connectivity index (χ3v) is 2.53. The molecule has 0 aliphatic carbocycles. The van der Waals surface area contributed by atoms with Gasteiger partial charge >= 0.3 is 0 Å². The Hall–Kier alpha value is -1.55. The lowest BCUT2D eigenvalue weighted by Crippen LogP contribution is -2.22. The molecule has 0 bridgehead atoms. The summed E-state index contributed by atoms with van der Waals surface area (Å²) >= 11 is 0. The minimum absolute atomic E-state index is 0.133. The van der Waals surface area contributed by atoms with Crippen LogP contribution in [0.15, 0.2) is 23.3 Å². The molecule has 0 heterocycles. The first-order valence-corrected chi connectivity index (χ1v) is 5.01. The quantitative estimate of drug-likeness (QED) is 0.462. The summed E-state index contributed by atoms with van der Waals surface area (Å²) in [5.41, 5.74) is 10.7. The van der Waals surface area contributed by atoms with Crippen molar-refractivity contribution in [1.29, 1.82) is 0 Å². The van der Waals surface area contributed by atoms with Crippen molar-refractivity contribution in [1.82, 2.24) is 0 Å². The minimum atomic E-state index is -1.07. The van der Waals surface area contributed by atoms with Crippen LogP contribution in [0.4, 0.5) is 0 Å². The van der Waals surface area contributed by atoms with Gasteiger partial charge in [-0.1, -0.05) is 23.3 Å². The summed E-state index contributed by atoms with van der Waals surface area (Å²) in [5.74, 6) is 0. The topological polar surface area (TPSA) is 89.2 Å². The Labute approximate surface area is 94.0 Å². The van der Waals surface area contributed by atoms with Gasteiger partial charge in [-0.05, 0) is 36.1 Å². The predicted octanol–water partition coefficient (Wildman–Crippen LogP) is 2.01. The lowest BCUT2D eigenvalue weighted by molar-refractivity contribution is 0.0236. The number of aliphatic hydroxyl groups excluding tert-OH is 2. The van der Waals surface area contributed by atoms with Crippen LogP contribution in [0.25, 0.3) is 10.4 Å². The molecule has 5 nitrogen and oxygen atoms in total. The van der Waals surface area contributed by atoms with Crippen molar-refractivity contribution in [2.24, 2.45) is 5.11 Å². The van der Waals surface area contributed by atoms with E-state index < -0.39 is 12.2 Å². The molecule has 0 radical (unpaired) electrons. The third-order valence-electron chi connectivity index (χ3n) is 2.53. The van der Waals surface area contributed by atoms with Crippen LogP contribution in [-0.2, 0) is 0 Å². The van der Waals surface area contributed by atoms with Crippen molar-refractivity contribution < 1.29 is 10.2 Å². The maximum atomic E-state index is 9.94. The second kappa shape index (κ2) is 5.51. The smallest absolute Gasteiger partial charge is 0.105 e. The fourth-order valence-electron chi connectivity index (χ4n) is 1.71. The summed E-state index contributed by atoms with van der Waals surface area (Å²) < 4.78 is 0. The molecule has 86 valence electrons. The lowest BCUT2D eigenvalue weighted by atomic mass is 9.95. The largest absolute Gasteiger partial charge is 0.390 e. The third kappa shape index (κ3) is 2.73. The van der Waals surface area contributed by atoms with Crippen LogP contribution in [-0.4, -0.2) is 22.9 Å². The second-order valence-electron chi connectivity index (χ2n) is 3.73. The minimum Gasteiger partial charge on any atom is -0.390 e. The molecule has 1 aromatic carbocycles. The molecule has 0 spiro atoms. The molecule has 0 saturated carbocycles. The van der Waals surface area contributed by atoms with Crippen molar-refractivity contribution in [3.8, 4) is 0 Å². The van der Waals surface area contributed by atoms with E-state index in [-0.39, 0.29) is 6.54 Å². The Morgan fingerprint density at radius 3 is 2.38 bits per heavy atom. The van der Waals surface area contributed by atoms with Crippen molar-refractivity contribution >= 4 is 0 Å². The number of hydrogen-bond donors (Lipinski definition) is 2. The van der Waals surface area contributed by atoms with E-state index in [9.17, 15) is 10.2 Å². The molecule has 5 heteroatoms. The first kappa shape index (κ1) is 12.5. The summed E-state index contributed by atoms with van der Waals surface area (Å²) in [6, 6.07) is 5.62. The Kier molecular flexibility index (Phi) is 4.31. The summed E-state index contributed by atoms with van der Waals surface area (Å²) in [5, 5.41) is 22.8. The van der Waals surface area contributed by atoms with Crippen molar-refractivity contribution in [2.45, 2.75) is 26.1 Å². The Bertz CT molecular complexity index is 393. The molecule has 1 aromatic rings. The number of hydrogen-bond acceptors (Lipinski definition) is 3. The van der Waals surface area contributed by atoms with Gasteiger partial charge in [0, 0.05) is 4.91 Å². The fraction of sp³-hybridized carbons (Fsp3) is 0.455. The zero-order valence-corrected chi connectivity index (χ0v) is 9.33. The van der Waals surface area contributed by atoms with E-state index in [4.69, 9.17) is 5.53 Å². The van der Waals surface area contributed by atoms with Crippen molar-refractivity contribution in [3.63, 3.8) is 0 Å². The van der Waals surface area contributed by atoms with Crippen LogP contribution < -0.4 is 0 Å². The average molecular weight is 221 g/mol. The number of benzene rings is 1. The van der Waals surface area contributed by atoms with Gasteiger partial charge in [0.05, 0.1) is 12.6 Å². The standard InChI is InChI=1S/C11H15N3O2/c1-7-4-3-5-8(2)10(7)11(16)9(15)6-13-14-12/h3-5,9,11,15-16H,6H2,1-2H3. The molecule has 0 amide bonds. The SMILES string of the molecule is Cc1cccc(C)c1C(O)C(O)CN=[N+]=[N-]. The van der Waals surface area contributed by atoms with Gasteiger partial charge in [0.2, 0.25) is 0 Å². The Balaban J connectivity index is 2.95. The van der Waals surface area contributed by atoms with Crippen LogP contribution >= 0.6 is 0 Å². The van der Waals surface area contributed by atoms with Gasteiger partial charge in [0.15, 0.2) is 0 Å². The number of azide groups is 1. The highest BCUT2D eigenvalue weighted by Crippen LogP contribution is 2.24. The molecule has 0 saturated heterocycles. The van der Waals surface area contributed by atoms with Gasteiger partial charge in [-0.2, -0.15) is 0 Å². The molecule has 0 aromatic heterocycles. The first-order valence-electron chi connectivity index (χ1n) is 5.01. The molecule has 0 fully saturated rings. The van der Waals surface area contributed by atoms with Crippen LogP contribution in [0, 0.1) is 13.8 Å². The summed E-state index contributed by atoms with van der Waals surface area (Å²) in [7, 11) is 0. The number of nitrogens with zero attached hydrogens (tertiary/aromatic N) is 3. The maximum absolute atomic E-state index is 9.94. The Morgan fingerprint density at radius 1 is 1.31 bits per heavy atom. The second-order valence-corrected chi connectivity index (χ2v) is 3.73. The number of aryl methyl sites for hydroxylation is 2. The van der Waals surface area contributed by atoms with E-state index in [1.54, 1.807) is 0 Å². The highest BCUT2D eigenvalue weighted by Gasteiger charge is 2.20. The molecule has 16 heavy (non-hydrogen) atoms. The van der Waals surface area contributed by atoms with E-state index in [0.717, 1.165) is 11.1 Å². The van der Waals surface area contributed by atoms with E-state index in [2.05, 4.69) is 10.0 Å². The van der Waals surface area contributed by atoms with Crippen LogP contribution in [0.2, 0.25) is 0 Å². The van der Waals surface area contributed by atoms with E-state index in [1.807, 2.05) is 32.0 Å². The monoisotopic (exact) mass is 221 g/mol. The predicted molar refractivity (Wildman–Crippen MR) is 60.9 cm³/mol. The van der Waals surface area contributed by atoms with Crippen LogP contribution in [0.5, 0.6) is 0 Å². The maximum Gasteiger partial charge on any atom is 0.105 e. The van der Waals surface area contributed by atoms with Crippen molar-refractivity contribution in [3.05, 3.63) is 45.3 Å². The molecule has 1 rings (SSSR count). The van der Waals surface area contributed by atoms with Gasteiger partial charge in [0.1, 0.15) is 6.10 Å². The highest BCUT2D eigenvalue weighted by atomic mass is 16.3. The first-order chi connectivity index (χ1) is 7.57. The van der Waals surface area contributed by atoms with Crippen molar-refractivity contribution in [2.75, 3.05) is 6.54 Å².